The van der Waals surface area contributed by atoms with Crippen molar-refractivity contribution in [2.45, 2.75) is 37.8 Å². The Hall–Kier alpha value is -2.99. The van der Waals surface area contributed by atoms with Gasteiger partial charge in [0.15, 0.2) is 0 Å². The van der Waals surface area contributed by atoms with Crippen LogP contribution in [0, 0.1) is 5.82 Å². The van der Waals surface area contributed by atoms with Gasteiger partial charge < -0.3 is 14.7 Å². The third-order valence-electron chi connectivity index (χ3n) is 5.64. The average Bonchev–Trinajstić information content (AvgIpc) is 3.35. The first-order valence-corrected chi connectivity index (χ1v) is 9.64. The van der Waals surface area contributed by atoms with Crippen molar-refractivity contribution in [3.05, 3.63) is 60.9 Å². The average molecular weight is 376 g/mol. The Kier molecular flexibility index (Phi) is 4.20. The second kappa shape index (κ2) is 6.87. The summed E-state index contributed by atoms with van der Waals surface area (Å²) >= 11 is 0. The van der Waals surface area contributed by atoms with Gasteiger partial charge in [0.1, 0.15) is 11.5 Å². The molecule has 2 atom stereocenters. The van der Waals surface area contributed by atoms with Crippen molar-refractivity contribution in [1.82, 2.24) is 19.5 Å². The summed E-state index contributed by atoms with van der Waals surface area (Å²) in [4.78, 5) is 12.3. The van der Waals surface area contributed by atoms with Gasteiger partial charge in [0.25, 0.3) is 0 Å². The van der Waals surface area contributed by atoms with Gasteiger partial charge in [0, 0.05) is 34.9 Å². The Labute approximate surface area is 161 Å². The van der Waals surface area contributed by atoms with Crippen LogP contribution in [0.5, 0.6) is 0 Å². The normalized spacial score (nSPS) is 19.9. The van der Waals surface area contributed by atoms with E-state index in [0.29, 0.717) is 6.42 Å². The Balaban J connectivity index is 1.73. The minimum atomic E-state index is -0.284. The molecule has 0 radical (unpaired) electrons. The number of aliphatic hydroxyl groups excluding tert-OH is 1. The summed E-state index contributed by atoms with van der Waals surface area (Å²) < 4.78 is 15.6. The molecule has 1 aliphatic carbocycles. The van der Waals surface area contributed by atoms with Crippen LogP contribution in [0.15, 0.2) is 55.1 Å². The van der Waals surface area contributed by atoms with Crippen LogP contribution in [0.3, 0.4) is 0 Å². The number of aliphatic hydroxyl groups is 1. The predicted molar refractivity (Wildman–Crippen MR) is 106 cm³/mol. The quantitative estimate of drug-likeness (QED) is 0.544. The first-order chi connectivity index (χ1) is 13.7. The fourth-order valence-electron chi connectivity index (χ4n) is 4.28. The first kappa shape index (κ1) is 17.1. The lowest BCUT2D eigenvalue weighted by Crippen LogP contribution is -2.22. The van der Waals surface area contributed by atoms with E-state index >= 15 is 0 Å². The molecular formula is C22H21FN4O. The molecule has 0 aliphatic heterocycles. The van der Waals surface area contributed by atoms with Crippen molar-refractivity contribution >= 4 is 11.0 Å². The summed E-state index contributed by atoms with van der Waals surface area (Å²) in [6, 6.07) is 10.6. The molecule has 142 valence electrons. The Morgan fingerprint density at radius 1 is 1.07 bits per heavy atom. The van der Waals surface area contributed by atoms with Crippen LogP contribution in [0.4, 0.5) is 4.39 Å². The molecule has 1 aromatic carbocycles. The highest BCUT2D eigenvalue weighted by molar-refractivity contribution is 5.95. The molecule has 1 fully saturated rings. The molecule has 2 N–H and O–H groups in total. The molecule has 0 unspecified atom stereocenters. The van der Waals surface area contributed by atoms with Crippen LogP contribution in [0.25, 0.3) is 33.5 Å². The molecule has 3 aromatic heterocycles. The standard InChI is InChI=1S/C22H21FN4O/c23-15-6-4-14(5-7-15)20-21(18-8-10-24-22-19(18)9-11-25-22)27(13-26-20)16-2-1-3-17(28)12-16/h4-11,13,16-17,28H,1-3,12H2,(H,24,25)/t16-,17-/m0/s1. The zero-order chi connectivity index (χ0) is 19.1. The summed E-state index contributed by atoms with van der Waals surface area (Å²) in [6.07, 6.45) is 8.80. The second-order valence-electron chi connectivity index (χ2n) is 7.43. The minimum Gasteiger partial charge on any atom is -0.393 e. The number of aromatic nitrogens is 4. The summed E-state index contributed by atoms with van der Waals surface area (Å²) in [6.45, 7) is 0. The Morgan fingerprint density at radius 2 is 1.93 bits per heavy atom. The van der Waals surface area contributed by atoms with Gasteiger partial charge in [0.2, 0.25) is 0 Å². The van der Waals surface area contributed by atoms with E-state index in [1.165, 1.54) is 12.1 Å². The van der Waals surface area contributed by atoms with E-state index in [2.05, 4.69) is 14.5 Å². The van der Waals surface area contributed by atoms with Gasteiger partial charge in [-0.2, -0.15) is 0 Å². The van der Waals surface area contributed by atoms with E-state index in [4.69, 9.17) is 4.98 Å². The van der Waals surface area contributed by atoms with Crippen LogP contribution < -0.4 is 0 Å². The van der Waals surface area contributed by atoms with E-state index in [1.807, 2.05) is 24.7 Å². The lowest BCUT2D eigenvalue weighted by molar-refractivity contribution is 0.104. The number of nitrogens with zero attached hydrogens (tertiary/aromatic N) is 3. The minimum absolute atomic E-state index is 0.183. The molecule has 0 bridgehead atoms. The van der Waals surface area contributed by atoms with E-state index < -0.39 is 0 Å². The second-order valence-corrected chi connectivity index (χ2v) is 7.43. The number of hydrogen-bond acceptors (Lipinski definition) is 3. The fourth-order valence-corrected chi connectivity index (χ4v) is 4.28. The number of imidazole rings is 1. The maximum Gasteiger partial charge on any atom is 0.137 e. The molecule has 4 aromatic rings. The zero-order valence-corrected chi connectivity index (χ0v) is 15.3. The van der Waals surface area contributed by atoms with Crippen molar-refractivity contribution in [3.63, 3.8) is 0 Å². The van der Waals surface area contributed by atoms with Crippen LogP contribution in [-0.4, -0.2) is 30.7 Å². The molecule has 1 saturated carbocycles. The van der Waals surface area contributed by atoms with E-state index in [1.54, 1.807) is 18.3 Å². The van der Waals surface area contributed by atoms with Crippen molar-refractivity contribution < 1.29 is 9.50 Å². The van der Waals surface area contributed by atoms with E-state index in [0.717, 1.165) is 52.8 Å². The third-order valence-corrected chi connectivity index (χ3v) is 5.64. The van der Waals surface area contributed by atoms with Crippen molar-refractivity contribution in [1.29, 1.82) is 0 Å². The monoisotopic (exact) mass is 376 g/mol. The maximum absolute atomic E-state index is 13.5. The van der Waals surface area contributed by atoms with Crippen molar-refractivity contribution in [3.8, 4) is 22.5 Å². The molecule has 0 saturated heterocycles. The highest BCUT2D eigenvalue weighted by Crippen LogP contribution is 2.39. The Bertz CT molecular complexity index is 1120. The SMILES string of the molecule is O[C@H]1CCC[C@H](n2cnc(-c3ccc(F)cc3)c2-c2ccnc3[nH]ccc23)C1. The number of hydrogen-bond donors (Lipinski definition) is 2. The van der Waals surface area contributed by atoms with Crippen LogP contribution in [-0.2, 0) is 0 Å². The Morgan fingerprint density at radius 3 is 2.75 bits per heavy atom. The number of nitrogens with one attached hydrogen (secondary N) is 1. The number of H-pyrrole nitrogens is 1. The third kappa shape index (κ3) is 2.90. The number of pyridine rings is 1. The van der Waals surface area contributed by atoms with Gasteiger partial charge >= 0.3 is 0 Å². The first-order valence-electron chi connectivity index (χ1n) is 9.64. The fraction of sp³-hybridized carbons (Fsp3) is 0.273. The molecule has 6 heteroatoms. The van der Waals surface area contributed by atoms with E-state index in [-0.39, 0.29) is 18.0 Å². The summed E-state index contributed by atoms with van der Waals surface area (Å²) in [5.41, 5.74) is 4.51. The predicted octanol–water partition coefficient (Wildman–Crippen LogP) is 4.71. The van der Waals surface area contributed by atoms with Gasteiger partial charge in [-0.25, -0.2) is 14.4 Å². The van der Waals surface area contributed by atoms with Gasteiger partial charge in [-0.05, 0) is 62.1 Å². The maximum atomic E-state index is 13.5. The largest absolute Gasteiger partial charge is 0.393 e. The molecule has 0 spiro atoms. The smallest absolute Gasteiger partial charge is 0.137 e. The van der Waals surface area contributed by atoms with Crippen molar-refractivity contribution in [2.75, 3.05) is 0 Å². The molecule has 5 nitrogen and oxygen atoms in total. The van der Waals surface area contributed by atoms with Gasteiger partial charge in [-0.15, -0.1) is 0 Å². The highest BCUT2D eigenvalue weighted by Gasteiger charge is 2.26. The molecule has 1 aliphatic rings. The highest BCUT2D eigenvalue weighted by atomic mass is 19.1. The molecular weight excluding hydrogens is 355 g/mol. The number of rotatable bonds is 3. The number of fused-ring (bicyclic) bond motifs is 1. The number of aromatic amines is 1. The molecule has 3 heterocycles. The van der Waals surface area contributed by atoms with Crippen LogP contribution >= 0.6 is 0 Å². The summed E-state index contributed by atoms with van der Waals surface area (Å²) in [5, 5.41) is 11.2. The van der Waals surface area contributed by atoms with Crippen LogP contribution in [0.1, 0.15) is 31.7 Å². The lowest BCUT2D eigenvalue weighted by atomic mass is 9.92. The van der Waals surface area contributed by atoms with E-state index in [9.17, 15) is 9.50 Å². The lowest BCUT2D eigenvalue weighted by Gasteiger charge is -2.28. The topological polar surface area (TPSA) is 66.7 Å². The zero-order valence-electron chi connectivity index (χ0n) is 15.3. The molecule has 5 rings (SSSR count). The van der Waals surface area contributed by atoms with Gasteiger partial charge in [0.05, 0.1) is 23.8 Å². The van der Waals surface area contributed by atoms with Gasteiger partial charge in [-0.1, -0.05) is 0 Å². The van der Waals surface area contributed by atoms with Crippen molar-refractivity contribution in [2.24, 2.45) is 0 Å². The van der Waals surface area contributed by atoms with Crippen LogP contribution in [0.2, 0.25) is 0 Å². The molecule has 0 amide bonds. The summed E-state index contributed by atoms with van der Waals surface area (Å²) in [7, 11) is 0. The molecule has 28 heavy (non-hydrogen) atoms. The number of benzene rings is 1. The van der Waals surface area contributed by atoms with Gasteiger partial charge in [-0.3, -0.25) is 0 Å². The summed E-state index contributed by atoms with van der Waals surface area (Å²) in [5.74, 6) is -0.267. The number of halogens is 1.